The van der Waals surface area contributed by atoms with Gasteiger partial charge in [0.05, 0.1) is 25.4 Å². The van der Waals surface area contributed by atoms with Crippen molar-refractivity contribution in [2.24, 2.45) is 0 Å². The van der Waals surface area contributed by atoms with Crippen molar-refractivity contribution in [3.63, 3.8) is 0 Å². The molecule has 1 rings (SSSR count). The number of aliphatic hydroxyl groups is 5. The lowest BCUT2D eigenvalue weighted by molar-refractivity contribution is -0.305. The predicted molar refractivity (Wildman–Crippen MR) is 315 cm³/mol. The van der Waals surface area contributed by atoms with Crippen LogP contribution in [0, 0.1) is 0 Å². The molecule has 1 heterocycles. The van der Waals surface area contributed by atoms with Gasteiger partial charge in [-0.25, -0.2) is 0 Å². The Bertz CT molecular complexity index is 1510. The molecule has 0 aromatic heterocycles. The number of rotatable bonds is 52. The fraction of sp³-hybridized carbons (Fsp3) is 0.785. The summed E-state index contributed by atoms with van der Waals surface area (Å²) in [6.45, 7) is 5.60. The van der Waals surface area contributed by atoms with Gasteiger partial charge in [0, 0.05) is 6.42 Å². The number of ether oxygens (including phenoxy) is 3. The lowest BCUT2D eigenvalue weighted by Crippen LogP contribution is -2.61. The van der Waals surface area contributed by atoms with Crippen LogP contribution in [0.2, 0.25) is 0 Å². The largest absolute Gasteiger partial charge is 0.454 e. The number of carbonyl (C=O) groups excluding carboxylic acids is 2. The molecule has 11 heteroatoms. The Hall–Kier alpha value is -2.90. The van der Waals surface area contributed by atoms with Gasteiger partial charge in [-0.1, -0.05) is 293 Å². The number of esters is 1. The molecule has 0 aromatic rings. The van der Waals surface area contributed by atoms with Crippen LogP contribution in [0.25, 0.3) is 0 Å². The lowest BCUT2D eigenvalue weighted by atomic mass is 9.99. The average molecular weight is 1070 g/mol. The summed E-state index contributed by atoms with van der Waals surface area (Å²) >= 11 is 0. The Labute approximate surface area is 464 Å². The number of allylic oxidation sites excluding steroid dienone is 11. The van der Waals surface area contributed by atoms with Crippen molar-refractivity contribution in [3.05, 3.63) is 72.9 Å². The Morgan fingerprint density at radius 3 is 1.39 bits per heavy atom. The standard InChI is InChI=1S/C65H115NO10/c1-4-7-10-13-16-19-22-25-26-27-28-29-30-31-32-33-34-35-38-41-44-47-50-53-60(70)76-63-62(72)61(71)59(54-67)75-65(63)74-55-56(57(68)51-48-45-42-39-36-23-20-17-14-11-8-5-2)66-64(73)58(69)52-49-46-43-40-37-24-21-18-15-12-9-6-3/h9,12,15,18,21,24,37,40,43,46,48,51,56-59,61-63,65,67-69,71-72H,4-8,10-11,13-14,16-17,19-20,22-23,25-36,38-39,41-42,44-45,47,49-50,52-55H2,1-3H3,(H,66,73)/b12-9+,18-15+,24-21-,40-37-,46-43+,51-48+. The van der Waals surface area contributed by atoms with E-state index in [1.807, 2.05) is 60.8 Å². The normalized spacial score (nSPS) is 19.6. The van der Waals surface area contributed by atoms with Crippen molar-refractivity contribution in [1.29, 1.82) is 0 Å². The zero-order valence-corrected chi connectivity index (χ0v) is 48.6. The fourth-order valence-corrected chi connectivity index (χ4v) is 9.56. The van der Waals surface area contributed by atoms with E-state index < -0.39 is 67.4 Å². The molecule has 0 aliphatic carbocycles. The molecule has 1 fully saturated rings. The molecule has 1 aliphatic rings. The highest BCUT2D eigenvalue weighted by Crippen LogP contribution is 2.26. The fourth-order valence-electron chi connectivity index (χ4n) is 9.56. The summed E-state index contributed by atoms with van der Waals surface area (Å²) in [7, 11) is 0. The third-order valence-corrected chi connectivity index (χ3v) is 14.5. The van der Waals surface area contributed by atoms with Gasteiger partial charge < -0.3 is 45.1 Å². The third-order valence-electron chi connectivity index (χ3n) is 14.5. The van der Waals surface area contributed by atoms with Crippen molar-refractivity contribution in [2.45, 2.75) is 314 Å². The van der Waals surface area contributed by atoms with Gasteiger partial charge in [-0.2, -0.15) is 0 Å². The second kappa shape index (κ2) is 52.8. The molecule has 0 aromatic carbocycles. The van der Waals surface area contributed by atoms with Crippen molar-refractivity contribution in [2.75, 3.05) is 13.2 Å². The summed E-state index contributed by atoms with van der Waals surface area (Å²) in [5.41, 5.74) is 0. The lowest BCUT2D eigenvalue weighted by Gasteiger charge is -2.41. The summed E-state index contributed by atoms with van der Waals surface area (Å²) in [5, 5.41) is 56.8. The summed E-state index contributed by atoms with van der Waals surface area (Å²) < 4.78 is 17.6. The van der Waals surface area contributed by atoms with Gasteiger partial charge in [0.15, 0.2) is 12.4 Å². The molecule has 0 radical (unpaired) electrons. The molecule has 1 saturated heterocycles. The molecule has 11 nitrogen and oxygen atoms in total. The smallest absolute Gasteiger partial charge is 0.306 e. The molecular formula is C65H115NO10. The maximum atomic E-state index is 13.3. The van der Waals surface area contributed by atoms with Gasteiger partial charge in [-0.15, -0.1) is 0 Å². The topological polar surface area (TPSA) is 175 Å². The number of hydrogen-bond acceptors (Lipinski definition) is 10. The molecule has 0 bridgehead atoms. The number of amides is 1. The summed E-state index contributed by atoms with van der Waals surface area (Å²) in [5.74, 6) is -1.27. The number of carbonyl (C=O) groups is 2. The van der Waals surface area contributed by atoms with Gasteiger partial charge >= 0.3 is 5.97 Å². The van der Waals surface area contributed by atoms with Crippen LogP contribution in [-0.4, -0.2) is 99.6 Å². The quantitative estimate of drug-likeness (QED) is 0.0149. The minimum absolute atomic E-state index is 0.116. The van der Waals surface area contributed by atoms with Crippen LogP contribution in [0.4, 0.5) is 0 Å². The van der Waals surface area contributed by atoms with Crippen LogP contribution >= 0.6 is 0 Å². The van der Waals surface area contributed by atoms with Crippen LogP contribution in [-0.2, 0) is 23.8 Å². The first-order chi connectivity index (χ1) is 37.2. The molecule has 1 aliphatic heterocycles. The van der Waals surface area contributed by atoms with E-state index >= 15 is 0 Å². The zero-order valence-electron chi connectivity index (χ0n) is 48.6. The van der Waals surface area contributed by atoms with E-state index in [1.165, 1.54) is 167 Å². The van der Waals surface area contributed by atoms with E-state index in [4.69, 9.17) is 14.2 Å². The maximum absolute atomic E-state index is 13.3. The molecule has 1 amide bonds. The third kappa shape index (κ3) is 40.3. The molecule has 6 N–H and O–H groups in total. The molecule has 0 spiro atoms. The summed E-state index contributed by atoms with van der Waals surface area (Å²) in [6, 6.07) is -1.06. The highest BCUT2D eigenvalue weighted by atomic mass is 16.7. The van der Waals surface area contributed by atoms with Gasteiger partial charge in [0.25, 0.3) is 0 Å². The van der Waals surface area contributed by atoms with Gasteiger partial charge in [0.1, 0.15) is 24.4 Å². The number of hydrogen-bond donors (Lipinski definition) is 6. The Morgan fingerprint density at radius 1 is 0.526 bits per heavy atom. The monoisotopic (exact) mass is 1070 g/mol. The van der Waals surface area contributed by atoms with E-state index in [0.717, 1.165) is 51.4 Å². The Balaban J connectivity index is 2.63. The molecule has 8 unspecified atom stereocenters. The van der Waals surface area contributed by atoms with E-state index in [9.17, 15) is 35.1 Å². The molecule has 0 saturated carbocycles. The minimum atomic E-state index is -1.63. The maximum Gasteiger partial charge on any atom is 0.306 e. The van der Waals surface area contributed by atoms with E-state index in [1.54, 1.807) is 6.08 Å². The van der Waals surface area contributed by atoms with Crippen LogP contribution in [0.1, 0.15) is 265 Å². The van der Waals surface area contributed by atoms with Crippen molar-refractivity contribution >= 4 is 11.9 Å². The first kappa shape index (κ1) is 71.1. The van der Waals surface area contributed by atoms with Gasteiger partial charge in [0.2, 0.25) is 5.91 Å². The Morgan fingerprint density at radius 2 is 0.947 bits per heavy atom. The average Bonchev–Trinajstić information content (AvgIpc) is 3.42. The van der Waals surface area contributed by atoms with Gasteiger partial charge in [-0.05, 0) is 38.5 Å². The van der Waals surface area contributed by atoms with Crippen molar-refractivity contribution in [1.82, 2.24) is 5.32 Å². The molecule has 8 atom stereocenters. The van der Waals surface area contributed by atoms with Crippen molar-refractivity contribution in [3.8, 4) is 0 Å². The second-order valence-electron chi connectivity index (χ2n) is 21.5. The summed E-state index contributed by atoms with van der Waals surface area (Å²) in [6.07, 6.45) is 56.9. The first-order valence-corrected chi connectivity index (χ1v) is 31.3. The molecule has 440 valence electrons. The molecular weight excluding hydrogens is 955 g/mol. The number of unbranched alkanes of at least 4 members (excludes halogenated alkanes) is 32. The Kier molecular flexibility index (Phi) is 49.4. The zero-order chi connectivity index (χ0) is 55.4. The first-order valence-electron chi connectivity index (χ1n) is 31.3. The van der Waals surface area contributed by atoms with E-state index in [2.05, 4.69) is 32.2 Å². The second-order valence-corrected chi connectivity index (χ2v) is 21.5. The van der Waals surface area contributed by atoms with Gasteiger partial charge in [-0.3, -0.25) is 9.59 Å². The van der Waals surface area contributed by atoms with Crippen molar-refractivity contribution < 1.29 is 49.3 Å². The SMILES string of the molecule is CC/C=C/C=C/C=C\C=C/C=C/CCC(O)C(=O)NC(COC1OC(CO)C(O)C(O)C1OC(=O)CCCCCCCCCCCCCCCCCCCCCCCCC)C(O)/C=C/CCCCCCCCCCCC. The molecule has 76 heavy (non-hydrogen) atoms. The number of nitrogens with one attached hydrogen (secondary N) is 1. The predicted octanol–water partition coefficient (Wildman–Crippen LogP) is 14.8. The number of aliphatic hydroxyl groups excluding tert-OH is 5. The van der Waals surface area contributed by atoms with Crippen LogP contribution < -0.4 is 5.32 Å². The van der Waals surface area contributed by atoms with Crippen LogP contribution in [0.5, 0.6) is 0 Å². The minimum Gasteiger partial charge on any atom is -0.454 e. The summed E-state index contributed by atoms with van der Waals surface area (Å²) in [4.78, 5) is 26.5. The van der Waals surface area contributed by atoms with Crippen LogP contribution in [0.15, 0.2) is 72.9 Å². The van der Waals surface area contributed by atoms with E-state index in [-0.39, 0.29) is 19.4 Å². The highest BCUT2D eigenvalue weighted by Gasteiger charge is 2.47. The van der Waals surface area contributed by atoms with Crippen LogP contribution in [0.3, 0.4) is 0 Å². The van der Waals surface area contributed by atoms with E-state index in [0.29, 0.717) is 12.8 Å². The highest BCUT2D eigenvalue weighted by molar-refractivity contribution is 5.80.